The van der Waals surface area contributed by atoms with E-state index in [1.54, 1.807) is 6.33 Å². The average molecular weight is 465 g/mol. The smallest absolute Gasteiger partial charge is 0.233 e. The number of thioether (sulfide) groups is 1. The minimum absolute atomic E-state index is 0.00638. The van der Waals surface area contributed by atoms with Crippen molar-refractivity contribution in [1.29, 1.82) is 0 Å². The van der Waals surface area contributed by atoms with Crippen LogP contribution in [0.25, 0.3) is 5.69 Å². The van der Waals surface area contributed by atoms with Gasteiger partial charge in [0.15, 0.2) is 5.16 Å². The second-order valence-corrected chi connectivity index (χ2v) is 9.50. The molecule has 0 bridgehead atoms. The van der Waals surface area contributed by atoms with E-state index in [0.29, 0.717) is 10.8 Å². The fraction of sp³-hybridized carbons (Fsp3) is 0.333. The molecule has 2 amide bonds. The Morgan fingerprint density at radius 1 is 1.18 bits per heavy atom. The monoisotopic (exact) mass is 464 g/mol. The van der Waals surface area contributed by atoms with Gasteiger partial charge in [-0.1, -0.05) is 48.2 Å². The molecule has 172 valence electrons. The molecule has 2 aromatic carbocycles. The molecule has 0 spiro atoms. The van der Waals surface area contributed by atoms with Gasteiger partial charge in [-0.05, 0) is 37.1 Å². The van der Waals surface area contributed by atoms with Crippen LogP contribution in [0.5, 0.6) is 0 Å². The predicted octanol–water partition coefficient (Wildman–Crippen LogP) is 3.10. The minimum atomic E-state index is -0.324. The van der Waals surface area contributed by atoms with Crippen molar-refractivity contribution in [2.45, 2.75) is 43.3 Å². The first-order chi connectivity index (χ1) is 16.0. The van der Waals surface area contributed by atoms with E-state index in [1.807, 2.05) is 41.8 Å². The third kappa shape index (κ3) is 6.21. The van der Waals surface area contributed by atoms with Crippen LogP contribution >= 0.6 is 11.8 Å². The van der Waals surface area contributed by atoms with Gasteiger partial charge in [0.25, 0.3) is 0 Å². The summed E-state index contributed by atoms with van der Waals surface area (Å²) in [5, 5.41) is 14.5. The van der Waals surface area contributed by atoms with Gasteiger partial charge in [0.2, 0.25) is 11.8 Å². The van der Waals surface area contributed by atoms with Crippen molar-refractivity contribution in [3.8, 4) is 5.69 Å². The number of hydrogen-bond donors (Lipinski definition) is 2. The first kappa shape index (κ1) is 23.0. The summed E-state index contributed by atoms with van der Waals surface area (Å²) in [5.74, 6) is -0.141. The van der Waals surface area contributed by atoms with Crippen LogP contribution in [0, 0.1) is 0 Å². The number of anilines is 1. The van der Waals surface area contributed by atoms with Gasteiger partial charge in [-0.25, -0.2) is 0 Å². The molecule has 4 rings (SSSR count). The lowest BCUT2D eigenvalue weighted by atomic mass is 10.2. The van der Waals surface area contributed by atoms with Gasteiger partial charge < -0.3 is 10.6 Å². The summed E-state index contributed by atoms with van der Waals surface area (Å²) in [6.45, 7) is 6.07. The van der Waals surface area contributed by atoms with E-state index in [2.05, 4.69) is 50.0 Å². The Bertz CT molecular complexity index is 1100. The Balaban J connectivity index is 1.33. The number of rotatable bonds is 8. The minimum Gasteiger partial charge on any atom is -0.351 e. The van der Waals surface area contributed by atoms with E-state index >= 15 is 0 Å². The molecule has 2 unspecified atom stereocenters. The first-order valence-corrected chi connectivity index (χ1v) is 11.9. The molecule has 8 nitrogen and oxygen atoms in total. The van der Waals surface area contributed by atoms with Gasteiger partial charge >= 0.3 is 0 Å². The number of nitrogens with one attached hydrogen (secondary N) is 2. The first-order valence-electron chi connectivity index (χ1n) is 11.0. The van der Waals surface area contributed by atoms with E-state index in [0.717, 1.165) is 31.7 Å². The maximum Gasteiger partial charge on any atom is 0.233 e. The number of hydrogen-bond acceptors (Lipinski definition) is 6. The summed E-state index contributed by atoms with van der Waals surface area (Å²) < 4.78 is 1.82. The second kappa shape index (κ2) is 10.6. The molecule has 2 N–H and O–H groups in total. The van der Waals surface area contributed by atoms with Crippen molar-refractivity contribution < 1.29 is 9.59 Å². The summed E-state index contributed by atoms with van der Waals surface area (Å²) in [6.07, 6.45) is 2.56. The van der Waals surface area contributed by atoms with Gasteiger partial charge in [-0.3, -0.25) is 19.1 Å². The molecular formula is C24H28N6O2S. The Hall–Kier alpha value is -3.17. The molecule has 2 heterocycles. The van der Waals surface area contributed by atoms with Crippen LogP contribution in [0.15, 0.2) is 66.1 Å². The zero-order valence-corrected chi connectivity index (χ0v) is 19.6. The quantitative estimate of drug-likeness (QED) is 0.498. The molecule has 9 heteroatoms. The van der Waals surface area contributed by atoms with Crippen LogP contribution in [-0.4, -0.2) is 55.9 Å². The van der Waals surface area contributed by atoms with Crippen LogP contribution in [0.3, 0.4) is 0 Å². The van der Waals surface area contributed by atoms with Gasteiger partial charge in [0.05, 0.1) is 10.9 Å². The van der Waals surface area contributed by atoms with E-state index in [9.17, 15) is 9.59 Å². The number of likely N-dealkylation sites (tertiary alicyclic amines) is 1. The van der Waals surface area contributed by atoms with Crippen LogP contribution in [0.1, 0.15) is 25.8 Å². The lowest BCUT2D eigenvalue weighted by Crippen LogP contribution is -2.40. The number of benzene rings is 2. The molecule has 1 fully saturated rings. The number of carbonyl (C=O) groups is 2. The standard InChI is InChI=1S/C24H28N6O2S/c1-17(23(32)27-21-11-12-29(15-21)14-19-7-4-3-5-8-19)33-24-28-25-16-30(24)22-10-6-9-20(13-22)26-18(2)31/h3-10,13,16-17,21H,11-12,14-15H2,1-2H3,(H,26,31)(H,27,32). The summed E-state index contributed by atoms with van der Waals surface area (Å²) in [5.41, 5.74) is 2.79. The lowest BCUT2D eigenvalue weighted by Gasteiger charge is -2.18. The van der Waals surface area contributed by atoms with Crippen molar-refractivity contribution in [3.63, 3.8) is 0 Å². The highest BCUT2D eigenvalue weighted by atomic mass is 32.2. The fourth-order valence-corrected chi connectivity index (χ4v) is 4.74. The molecule has 3 aromatic rings. The molecule has 1 aliphatic heterocycles. The zero-order valence-electron chi connectivity index (χ0n) is 18.8. The fourth-order valence-electron chi connectivity index (χ4n) is 3.88. The normalized spacial score (nSPS) is 17.0. The lowest BCUT2D eigenvalue weighted by molar-refractivity contribution is -0.121. The molecule has 33 heavy (non-hydrogen) atoms. The van der Waals surface area contributed by atoms with Crippen LogP contribution in [0.2, 0.25) is 0 Å². The van der Waals surface area contributed by atoms with Gasteiger partial charge in [0, 0.05) is 38.3 Å². The van der Waals surface area contributed by atoms with E-state index in [1.165, 1.54) is 24.2 Å². The van der Waals surface area contributed by atoms with E-state index in [-0.39, 0.29) is 23.1 Å². The van der Waals surface area contributed by atoms with Crippen molar-refractivity contribution >= 4 is 29.3 Å². The summed E-state index contributed by atoms with van der Waals surface area (Å²) in [6, 6.07) is 18.0. The Morgan fingerprint density at radius 2 is 2.00 bits per heavy atom. The highest BCUT2D eigenvalue weighted by Gasteiger charge is 2.26. The van der Waals surface area contributed by atoms with E-state index < -0.39 is 0 Å². The third-order valence-corrected chi connectivity index (χ3v) is 6.54. The molecular weight excluding hydrogens is 436 g/mol. The second-order valence-electron chi connectivity index (χ2n) is 8.19. The van der Waals surface area contributed by atoms with Crippen molar-refractivity contribution in [2.24, 2.45) is 0 Å². The van der Waals surface area contributed by atoms with Crippen LogP contribution in [-0.2, 0) is 16.1 Å². The number of nitrogens with zero attached hydrogens (tertiary/aromatic N) is 4. The molecule has 0 saturated carbocycles. The molecule has 1 saturated heterocycles. The van der Waals surface area contributed by atoms with Gasteiger partial charge in [-0.15, -0.1) is 10.2 Å². The van der Waals surface area contributed by atoms with Crippen molar-refractivity contribution in [3.05, 3.63) is 66.5 Å². The van der Waals surface area contributed by atoms with Gasteiger partial charge in [-0.2, -0.15) is 0 Å². The predicted molar refractivity (Wildman–Crippen MR) is 129 cm³/mol. The number of amides is 2. The van der Waals surface area contributed by atoms with Gasteiger partial charge in [0.1, 0.15) is 6.33 Å². The Kier molecular flexibility index (Phi) is 7.41. The number of carbonyl (C=O) groups excluding carboxylic acids is 2. The maximum atomic E-state index is 12.9. The molecule has 0 aliphatic carbocycles. The summed E-state index contributed by atoms with van der Waals surface area (Å²) in [7, 11) is 0. The Morgan fingerprint density at radius 3 is 2.79 bits per heavy atom. The average Bonchev–Trinajstić information content (AvgIpc) is 3.43. The van der Waals surface area contributed by atoms with Crippen LogP contribution in [0.4, 0.5) is 5.69 Å². The highest BCUT2D eigenvalue weighted by molar-refractivity contribution is 8.00. The van der Waals surface area contributed by atoms with E-state index in [4.69, 9.17) is 0 Å². The molecule has 1 aromatic heterocycles. The van der Waals surface area contributed by atoms with Crippen molar-refractivity contribution in [2.75, 3.05) is 18.4 Å². The summed E-state index contributed by atoms with van der Waals surface area (Å²) in [4.78, 5) is 26.6. The summed E-state index contributed by atoms with van der Waals surface area (Å²) >= 11 is 1.36. The number of aromatic nitrogens is 3. The topological polar surface area (TPSA) is 92.1 Å². The maximum absolute atomic E-state index is 12.9. The van der Waals surface area contributed by atoms with Crippen LogP contribution < -0.4 is 10.6 Å². The highest BCUT2D eigenvalue weighted by Crippen LogP contribution is 2.25. The largest absolute Gasteiger partial charge is 0.351 e. The molecule has 2 atom stereocenters. The zero-order chi connectivity index (χ0) is 23.2. The van der Waals surface area contributed by atoms with Crippen molar-refractivity contribution in [1.82, 2.24) is 25.0 Å². The third-order valence-electron chi connectivity index (χ3n) is 5.48. The molecule has 0 radical (unpaired) electrons. The molecule has 1 aliphatic rings. The Labute approximate surface area is 197 Å². The SMILES string of the molecule is CC(=O)Nc1cccc(-n2cnnc2SC(C)C(=O)NC2CCN(Cc3ccccc3)C2)c1.